The van der Waals surface area contributed by atoms with Crippen molar-refractivity contribution in [3.8, 4) is 0 Å². The van der Waals surface area contributed by atoms with E-state index in [1.165, 1.54) is 42.4 Å². The van der Waals surface area contributed by atoms with E-state index in [1.807, 2.05) is 0 Å². The van der Waals surface area contributed by atoms with Gasteiger partial charge in [-0.15, -0.1) is 0 Å². The molecule has 3 N–H and O–H groups in total. The van der Waals surface area contributed by atoms with Crippen LogP contribution >= 0.6 is 0 Å². The van der Waals surface area contributed by atoms with E-state index in [0.717, 1.165) is 19.3 Å². The Balaban J connectivity index is 1.57. The average Bonchev–Trinajstić information content (AvgIpc) is 2.91. The molecule has 3 heteroatoms. The van der Waals surface area contributed by atoms with Gasteiger partial charge in [0.1, 0.15) is 0 Å². The lowest BCUT2D eigenvalue weighted by atomic mass is 9.90. The summed E-state index contributed by atoms with van der Waals surface area (Å²) in [5.41, 5.74) is 10.1. The summed E-state index contributed by atoms with van der Waals surface area (Å²) in [5.74, 6) is 0.304. The summed E-state index contributed by atoms with van der Waals surface area (Å²) in [5, 5.41) is 3.07. The fraction of sp³-hybridized carbons (Fsp3) is 0.588. The second-order valence-electron chi connectivity index (χ2n) is 6.30. The Labute approximate surface area is 120 Å². The summed E-state index contributed by atoms with van der Waals surface area (Å²) < 4.78 is 0. The lowest BCUT2D eigenvalue weighted by Crippen LogP contribution is -2.30. The zero-order chi connectivity index (χ0) is 13.9. The molecule has 2 aliphatic rings. The molecule has 20 heavy (non-hydrogen) atoms. The predicted octanol–water partition coefficient (Wildman–Crippen LogP) is 2.31. The van der Waals surface area contributed by atoms with Gasteiger partial charge >= 0.3 is 0 Å². The fourth-order valence-corrected chi connectivity index (χ4v) is 3.48. The Bertz CT molecular complexity index is 498. The maximum atomic E-state index is 12.1. The van der Waals surface area contributed by atoms with Gasteiger partial charge in [0, 0.05) is 18.5 Å². The molecule has 3 nitrogen and oxygen atoms in total. The van der Waals surface area contributed by atoms with Gasteiger partial charge in [-0.1, -0.05) is 18.2 Å². The number of carbonyl (C=O) groups excluding carboxylic acids is 1. The fourth-order valence-electron chi connectivity index (χ4n) is 3.48. The highest BCUT2D eigenvalue weighted by Crippen LogP contribution is 2.25. The largest absolute Gasteiger partial charge is 0.352 e. The highest BCUT2D eigenvalue weighted by atomic mass is 16.1. The van der Waals surface area contributed by atoms with Gasteiger partial charge in [-0.25, -0.2) is 0 Å². The molecular weight excluding hydrogens is 248 g/mol. The zero-order valence-electron chi connectivity index (χ0n) is 12.0. The Morgan fingerprint density at radius 3 is 2.75 bits per heavy atom. The van der Waals surface area contributed by atoms with E-state index in [1.54, 1.807) is 0 Å². The topological polar surface area (TPSA) is 55.1 Å². The van der Waals surface area contributed by atoms with Gasteiger partial charge in [-0.3, -0.25) is 4.79 Å². The van der Waals surface area contributed by atoms with E-state index in [9.17, 15) is 4.79 Å². The van der Waals surface area contributed by atoms with Crippen LogP contribution in [0.5, 0.6) is 0 Å². The number of fused-ring (bicyclic) bond motifs is 1. The van der Waals surface area contributed by atoms with Crippen LogP contribution < -0.4 is 11.1 Å². The van der Waals surface area contributed by atoms with Gasteiger partial charge < -0.3 is 11.1 Å². The average molecular weight is 272 g/mol. The number of rotatable bonds is 3. The SMILES string of the molecule is N[C@H]1CC[C@@H](C(=O)NCc2ccc3c(c2)CCCC3)C1. The summed E-state index contributed by atoms with van der Waals surface area (Å²) in [7, 11) is 0. The Kier molecular flexibility index (Phi) is 4.06. The molecule has 0 saturated heterocycles. The molecule has 1 amide bonds. The number of benzene rings is 1. The molecule has 0 spiro atoms. The summed E-state index contributed by atoms with van der Waals surface area (Å²) in [6.45, 7) is 0.651. The van der Waals surface area contributed by atoms with Crippen molar-refractivity contribution in [2.24, 2.45) is 11.7 Å². The van der Waals surface area contributed by atoms with E-state index < -0.39 is 0 Å². The molecule has 1 saturated carbocycles. The number of carbonyl (C=O) groups is 1. The molecule has 0 radical (unpaired) electrons. The van der Waals surface area contributed by atoms with Gasteiger partial charge in [-0.05, 0) is 61.6 Å². The molecule has 3 rings (SSSR count). The van der Waals surface area contributed by atoms with Crippen LogP contribution in [0.4, 0.5) is 0 Å². The standard InChI is InChI=1S/C17H24N2O/c18-16-8-7-15(10-16)17(20)19-11-12-5-6-13-3-1-2-4-14(13)9-12/h5-6,9,15-16H,1-4,7-8,10-11,18H2,(H,19,20)/t15-,16+/m1/s1. The van der Waals surface area contributed by atoms with Crippen LogP contribution in [0.25, 0.3) is 0 Å². The van der Waals surface area contributed by atoms with E-state index in [4.69, 9.17) is 5.73 Å². The van der Waals surface area contributed by atoms with Gasteiger partial charge in [0.05, 0.1) is 0 Å². The van der Waals surface area contributed by atoms with Gasteiger partial charge in [0.15, 0.2) is 0 Å². The van der Waals surface area contributed by atoms with E-state index in [0.29, 0.717) is 6.54 Å². The maximum absolute atomic E-state index is 12.1. The molecule has 2 aliphatic carbocycles. The summed E-state index contributed by atoms with van der Waals surface area (Å²) in [4.78, 5) is 12.1. The molecule has 108 valence electrons. The second-order valence-corrected chi connectivity index (χ2v) is 6.30. The van der Waals surface area contributed by atoms with Gasteiger partial charge in [-0.2, -0.15) is 0 Å². The second kappa shape index (κ2) is 5.96. The number of hydrogen-bond donors (Lipinski definition) is 2. The minimum atomic E-state index is 0.127. The molecule has 0 aliphatic heterocycles. The Hall–Kier alpha value is -1.35. The van der Waals surface area contributed by atoms with Crippen LogP contribution in [0.15, 0.2) is 18.2 Å². The van der Waals surface area contributed by atoms with Crippen molar-refractivity contribution in [1.29, 1.82) is 0 Å². The van der Waals surface area contributed by atoms with Crippen molar-refractivity contribution in [3.05, 3.63) is 34.9 Å². The summed E-state index contributed by atoms with van der Waals surface area (Å²) in [6, 6.07) is 6.89. The van der Waals surface area contributed by atoms with E-state index >= 15 is 0 Å². The molecule has 0 aromatic heterocycles. The molecule has 1 fully saturated rings. The van der Waals surface area contributed by atoms with Crippen LogP contribution in [0.2, 0.25) is 0 Å². The number of aryl methyl sites for hydroxylation is 2. The maximum Gasteiger partial charge on any atom is 0.223 e. The van der Waals surface area contributed by atoms with Crippen LogP contribution in [0.3, 0.4) is 0 Å². The quantitative estimate of drug-likeness (QED) is 0.887. The molecule has 2 atom stereocenters. The van der Waals surface area contributed by atoms with Crippen LogP contribution in [0.1, 0.15) is 48.8 Å². The molecule has 0 bridgehead atoms. The first-order chi connectivity index (χ1) is 9.72. The Morgan fingerprint density at radius 1 is 1.20 bits per heavy atom. The van der Waals surface area contributed by atoms with Crippen molar-refractivity contribution in [2.75, 3.05) is 0 Å². The Morgan fingerprint density at radius 2 is 2.00 bits per heavy atom. The molecule has 0 heterocycles. The van der Waals surface area contributed by atoms with Crippen molar-refractivity contribution in [1.82, 2.24) is 5.32 Å². The van der Waals surface area contributed by atoms with Crippen LogP contribution in [-0.4, -0.2) is 11.9 Å². The van der Waals surface area contributed by atoms with Crippen LogP contribution in [0, 0.1) is 5.92 Å². The molecule has 1 aromatic rings. The van der Waals surface area contributed by atoms with Crippen molar-refractivity contribution in [2.45, 2.75) is 57.5 Å². The lowest BCUT2D eigenvalue weighted by Gasteiger charge is -2.17. The van der Waals surface area contributed by atoms with Crippen molar-refractivity contribution in [3.63, 3.8) is 0 Å². The minimum absolute atomic E-state index is 0.127. The number of nitrogens with one attached hydrogen (secondary N) is 1. The third-order valence-electron chi connectivity index (χ3n) is 4.72. The summed E-state index contributed by atoms with van der Waals surface area (Å²) in [6.07, 6.45) is 7.77. The number of nitrogens with two attached hydrogens (primary N) is 1. The molecule has 1 aromatic carbocycles. The number of amides is 1. The van der Waals surface area contributed by atoms with Crippen LogP contribution in [-0.2, 0) is 24.2 Å². The third kappa shape index (κ3) is 3.04. The van der Waals surface area contributed by atoms with E-state index in [-0.39, 0.29) is 17.9 Å². The highest BCUT2D eigenvalue weighted by molar-refractivity contribution is 5.79. The molecule has 0 unspecified atom stereocenters. The molecular formula is C17H24N2O. The first-order valence-electron chi connectivity index (χ1n) is 7.86. The zero-order valence-corrected chi connectivity index (χ0v) is 12.0. The highest BCUT2D eigenvalue weighted by Gasteiger charge is 2.27. The smallest absolute Gasteiger partial charge is 0.223 e. The van der Waals surface area contributed by atoms with Gasteiger partial charge in [0.2, 0.25) is 5.91 Å². The minimum Gasteiger partial charge on any atom is -0.352 e. The lowest BCUT2D eigenvalue weighted by molar-refractivity contribution is -0.125. The first kappa shape index (κ1) is 13.6. The van der Waals surface area contributed by atoms with E-state index in [2.05, 4.69) is 23.5 Å². The van der Waals surface area contributed by atoms with Crippen molar-refractivity contribution < 1.29 is 4.79 Å². The number of hydrogen-bond acceptors (Lipinski definition) is 2. The normalized spacial score (nSPS) is 25.2. The first-order valence-corrected chi connectivity index (χ1v) is 7.86. The third-order valence-corrected chi connectivity index (χ3v) is 4.72. The van der Waals surface area contributed by atoms with Gasteiger partial charge in [0.25, 0.3) is 0 Å². The van der Waals surface area contributed by atoms with Crippen molar-refractivity contribution >= 4 is 5.91 Å². The monoisotopic (exact) mass is 272 g/mol. The predicted molar refractivity (Wildman–Crippen MR) is 80.2 cm³/mol. The summed E-state index contributed by atoms with van der Waals surface area (Å²) >= 11 is 0.